The van der Waals surface area contributed by atoms with Crippen molar-refractivity contribution in [1.29, 1.82) is 0 Å². The Bertz CT molecular complexity index is 1300. The molecule has 45 heavy (non-hydrogen) atoms. The molecule has 0 aliphatic carbocycles. The number of nitrogens with two attached hydrogens (primary N) is 1. The van der Waals surface area contributed by atoms with Crippen LogP contribution in [0, 0.1) is 18.3 Å². The van der Waals surface area contributed by atoms with E-state index in [0.29, 0.717) is 26.1 Å². The van der Waals surface area contributed by atoms with Gasteiger partial charge in [0, 0.05) is 50.9 Å². The monoisotopic (exact) mass is 633 g/mol. The lowest BCUT2D eigenvalue weighted by Crippen LogP contribution is -2.64. The van der Waals surface area contributed by atoms with Crippen LogP contribution in [0.3, 0.4) is 0 Å². The number of piperazine rings is 1. The summed E-state index contributed by atoms with van der Waals surface area (Å²) in [5.74, 6) is 1.50. The van der Waals surface area contributed by atoms with Crippen LogP contribution in [0.15, 0.2) is 48.8 Å². The average molecular weight is 634 g/mol. The molecule has 1 saturated heterocycles. The van der Waals surface area contributed by atoms with Gasteiger partial charge in [0.15, 0.2) is 0 Å². The first kappa shape index (κ1) is 35.8. The number of aliphatic hydroxyl groups is 2. The molecule has 246 valence electrons. The lowest BCUT2D eigenvalue weighted by molar-refractivity contribution is -0.144. The molecule has 0 saturated carbocycles. The van der Waals surface area contributed by atoms with E-state index in [1.54, 1.807) is 43.3 Å². The number of pyridine rings is 1. The number of carbonyl (C=O) groups excluding carboxylic acids is 2. The number of halogens is 3. The minimum atomic E-state index is -4.55. The molecule has 13 heteroatoms. The molecule has 1 aromatic carbocycles. The van der Waals surface area contributed by atoms with E-state index in [1.165, 1.54) is 0 Å². The minimum Gasteiger partial charge on any atom is -0.491 e. The number of rotatable bonds is 10. The Hall–Kier alpha value is -3.70. The number of carbonyl (C=O) groups is 2. The van der Waals surface area contributed by atoms with Crippen molar-refractivity contribution in [3.63, 3.8) is 0 Å². The van der Waals surface area contributed by atoms with Crippen molar-refractivity contribution in [3.05, 3.63) is 59.9 Å². The van der Waals surface area contributed by atoms with Crippen molar-refractivity contribution in [2.24, 2.45) is 11.7 Å². The minimum absolute atomic E-state index is 0.00868. The number of terminal acetylenes is 1. The van der Waals surface area contributed by atoms with E-state index in [-0.39, 0.29) is 25.6 Å². The van der Waals surface area contributed by atoms with Gasteiger partial charge in [0.05, 0.1) is 17.7 Å². The SMILES string of the molecule is C#CC(C)(C)N1CCN(CC(O)CC(Cc2cccnc2)C(N)=O)[C@H](C(=O)NCC(F)(F)F)C1.O[C@@H]1COc2ccccc2C1. The molecule has 2 amide bonds. The second-order valence-corrected chi connectivity index (χ2v) is 11.8. The van der Waals surface area contributed by atoms with Crippen LogP contribution in [-0.4, -0.2) is 106 Å². The van der Waals surface area contributed by atoms with Gasteiger partial charge < -0.3 is 26.0 Å². The number of benzene rings is 1. The van der Waals surface area contributed by atoms with E-state index in [4.69, 9.17) is 16.9 Å². The fourth-order valence-electron chi connectivity index (χ4n) is 5.28. The second kappa shape index (κ2) is 16.0. The number of fused-ring (bicyclic) bond motifs is 1. The lowest BCUT2D eigenvalue weighted by atomic mass is 9.93. The fraction of sp³-hybridized carbons (Fsp3) is 0.531. The maximum Gasteiger partial charge on any atom is 0.405 e. The van der Waals surface area contributed by atoms with E-state index >= 15 is 0 Å². The molecule has 0 bridgehead atoms. The second-order valence-electron chi connectivity index (χ2n) is 11.8. The third-order valence-corrected chi connectivity index (χ3v) is 7.87. The largest absolute Gasteiger partial charge is 0.491 e. The topological polar surface area (TPSA) is 141 Å². The number of nitrogens with zero attached hydrogens (tertiary/aromatic N) is 3. The van der Waals surface area contributed by atoms with Crippen LogP contribution in [0.5, 0.6) is 5.75 Å². The first-order valence-corrected chi connectivity index (χ1v) is 14.7. The summed E-state index contributed by atoms with van der Waals surface area (Å²) in [5.41, 5.74) is 6.71. The molecule has 5 N–H and O–H groups in total. The van der Waals surface area contributed by atoms with Crippen LogP contribution in [-0.2, 0) is 22.4 Å². The van der Waals surface area contributed by atoms with Crippen molar-refractivity contribution >= 4 is 11.8 Å². The number of hydrogen-bond donors (Lipinski definition) is 4. The number of nitrogens with one attached hydrogen (secondary N) is 1. The summed E-state index contributed by atoms with van der Waals surface area (Å²) < 4.78 is 43.3. The number of primary amides is 1. The zero-order chi connectivity index (χ0) is 33.2. The van der Waals surface area contributed by atoms with E-state index < -0.39 is 48.1 Å². The predicted octanol–water partition coefficient (Wildman–Crippen LogP) is 1.54. The number of aliphatic hydroxyl groups excluding tert-OH is 2. The van der Waals surface area contributed by atoms with Crippen LogP contribution in [0.25, 0.3) is 0 Å². The van der Waals surface area contributed by atoms with Crippen LogP contribution < -0.4 is 15.8 Å². The van der Waals surface area contributed by atoms with E-state index in [1.807, 2.05) is 34.5 Å². The van der Waals surface area contributed by atoms with Crippen LogP contribution in [0.4, 0.5) is 13.2 Å². The van der Waals surface area contributed by atoms with E-state index in [0.717, 1.165) is 23.3 Å². The Morgan fingerprint density at radius 2 is 1.96 bits per heavy atom. The van der Waals surface area contributed by atoms with Crippen LogP contribution in [0.2, 0.25) is 0 Å². The summed E-state index contributed by atoms with van der Waals surface area (Å²) >= 11 is 0. The number of alkyl halides is 3. The number of hydrogen-bond acceptors (Lipinski definition) is 8. The molecule has 4 atom stereocenters. The quantitative estimate of drug-likeness (QED) is 0.289. The summed E-state index contributed by atoms with van der Waals surface area (Å²) in [6.07, 6.45) is 3.94. The zero-order valence-electron chi connectivity index (χ0n) is 25.5. The standard InChI is InChI=1S/C23H32F3N5O3.C9H10O2/c1-4-22(2,3)31-9-8-30(19(14-31)21(34)29-15-23(24,25)26)13-18(32)11-17(20(27)33)10-16-6-5-7-28-12-16;10-8-5-7-3-1-2-4-9(7)11-6-8/h1,5-7,12,17-19,32H,8-11,13-15H2,2-3H3,(H2,27,33)(H,29,34);1-4,8,10H,5-6H2/t17?,18?,19-;8-/m00/s1. The van der Waals surface area contributed by atoms with Gasteiger partial charge in [-0.2, -0.15) is 13.2 Å². The van der Waals surface area contributed by atoms with Gasteiger partial charge in [-0.15, -0.1) is 6.42 Å². The molecule has 2 aliphatic rings. The molecule has 2 unspecified atom stereocenters. The molecule has 0 radical (unpaired) electrons. The molecule has 0 spiro atoms. The van der Waals surface area contributed by atoms with E-state index in [2.05, 4.69) is 10.9 Å². The highest BCUT2D eigenvalue weighted by atomic mass is 19.4. The van der Waals surface area contributed by atoms with Crippen molar-refractivity contribution in [3.8, 4) is 18.1 Å². The number of amides is 2. The Balaban J connectivity index is 0.000000415. The molecular formula is C32H42F3N5O5. The van der Waals surface area contributed by atoms with E-state index in [9.17, 15) is 33.0 Å². The number of β-amino-alcohol motifs (C(OH)–C–C–N with tert-alkyl or cyclic N) is 1. The maximum absolute atomic E-state index is 12.7. The van der Waals surface area contributed by atoms with Gasteiger partial charge in [-0.3, -0.25) is 24.4 Å². The van der Waals surface area contributed by atoms with Crippen LogP contribution >= 0.6 is 0 Å². The lowest BCUT2D eigenvalue weighted by Gasteiger charge is -2.46. The molecule has 3 heterocycles. The molecule has 2 aliphatic heterocycles. The zero-order valence-corrected chi connectivity index (χ0v) is 25.5. The molecule has 2 aromatic rings. The van der Waals surface area contributed by atoms with Crippen molar-refractivity contribution in [2.45, 2.75) is 63.1 Å². The first-order valence-electron chi connectivity index (χ1n) is 14.7. The summed E-state index contributed by atoms with van der Waals surface area (Å²) in [7, 11) is 0. The Labute approximate surface area is 261 Å². The summed E-state index contributed by atoms with van der Waals surface area (Å²) in [6, 6.07) is 10.4. The van der Waals surface area contributed by atoms with Crippen LogP contribution in [0.1, 0.15) is 31.4 Å². The number of para-hydroxylation sites is 1. The average Bonchev–Trinajstić information content (AvgIpc) is 3.00. The normalized spacial score (nSPS) is 20.3. The molecule has 1 fully saturated rings. The summed E-state index contributed by atoms with van der Waals surface area (Å²) in [5, 5.41) is 21.9. The van der Waals surface area contributed by atoms with Gasteiger partial charge >= 0.3 is 6.18 Å². The maximum atomic E-state index is 12.7. The van der Waals surface area contributed by atoms with Gasteiger partial charge in [-0.05, 0) is 49.9 Å². The highest BCUT2D eigenvalue weighted by Crippen LogP contribution is 2.24. The van der Waals surface area contributed by atoms with Crippen molar-refractivity contribution < 1.29 is 37.7 Å². The molecule has 4 rings (SSSR count). The Kier molecular flexibility index (Phi) is 12.7. The first-order chi connectivity index (χ1) is 21.2. The number of ether oxygens (including phenoxy) is 1. The summed E-state index contributed by atoms with van der Waals surface area (Å²) in [6.45, 7) is 3.41. The van der Waals surface area contributed by atoms with Gasteiger partial charge in [0.25, 0.3) is 0 Å². The number of aromatic nitrogens is 1. The summed E-state index contributed by atoms with van der Waals surface area (Å²) in [4.78, 5) is 32.1. The highest BCUT2D eigenvalue weighted by molar-refractivity contribution is 5.82. The van der Waals surface area contributed by atoms with Crippen molar-refractivity contribution in [1.82, 2.24) is 20.1 Å². The fourth-order valence-corrected chi connectivity index (χ4v) is 5.28. The molecule has 1 aromatic heterocycles. The third kappa shape index (κ3) is 11.3. The van der Waals surface area contributed by atoms with Gasteiger partial charge in [-0.25, -0.2) is 0 Å². The van der Waals surface area contributed by atoms with Gasteiger partial charge in [0.2, 0.25) is 11.8 Å². The predicted molar refractivity (Wildman–Crippen MR) is 162 cm³/mol. The van der Waals surface area contributed by atoms with Gasteiger partial charge in [0.1, 0.15) is 24.9 Å². The Morgan fingerprint density at radius 1 is 1.22 bits per heavy atom. The molecular weight excluding hydrogens is 591 g/mol. The van der Waals surface area contributed by atoms with Gasteiger partial charge in [-0.1, -0.05) is 30.2 Å². The highest BCUT2D eigenvalue weighted by Gasteiger charge is 2.39. The van der Waals surface area contributed by atoms with Crippen molar-refractivity contribution in [2.75, 3.05) is 39.3 Å². The smallest absolute Gasteiger partial charge is 0.405 e. The molecule has 10 nitrogen and oxygen atoms in total. The Morgan fingerprint density at radius 3 is 2.60 bits per heavy atom. The third-order valence-electron chi connectivity index (χ3n) is 7.87.